The van der Waals surface area contributed by atoms with Crippen LogP contribution in [0.4, 0.5) is 5.82 Å². The molecule has 0 bridgehead atoms. The largest absolute Gasteiger partial charge is 0.493 e. The predicted molar refractivity (Wildman–Crippen MR) is 142 cm³/mol. The van der Waals surface area contributed by atoms with Crippen molar-refractivity contribution in [3.63, 3.8) is 0 Å². The van der Waals surface area contributed by atoms with Crippen LogP contribution in [0.1, 0.15) is 5.56 Å². The number of nitrogens with zero attached hydrogens (tertiary/aromatic N) is 3. The van der Waals surface area contributed by atoms with Crippen LogP contribution in [0.25, 0.3) is 22.0 Å². The molecule has 0 unspecified atom stereocenters. The Morgan fingerprint density at radius 2 is 1.69 bits per heavy atom. The number of hydrogen-bond donors (Lipinski definition) is 0. The molecule has 4 aromatic rings. The summed E-state index contributed by atoms with van der Waals surface area (Å²) >= 11 is 6.09. The van der Waals surface area contributed by atoms with Gasteiger partial charge in [0.15, 0.2) is 11.5 Å². The molecule has 1 aromatic heterocycles. The van der Waals surface area contributed by atoms with E-state index >= 15 is 0 Å². The number of benzene rings is 3. The number of rotatable bonds is 8. The Hall–Kier alpha value is -3.55. The van der Waals surface area contributed by atoms with Gasteiger partial charge in [0.1, 0.15) is 5.82 Å². The molecule has 0 aliphatic carbocycles. The Bertz CT molecular complexity index is 1340. The predicted octanol–water partition coefficient (Wildman–Crippen LogP) is 5.43. The average Bonchev–Trinajstić information content (AvgIpc) is 2.93. The molecule has 2 heterocycles. The topological polar surface area (TPSA) is 65.9 Å². The minimum atomic E-state index is 0.352. The quantitative estimate of drug-likeness (QED) is 0.316. The second-order valence-corrected chi connectivity index (χ2v) is 8.86. The molecule has 0 amide bonds. The molecular weight excluding hydrogens is 478 g/mol. The smallest absolute Gasteiger partial charge is 0.318 e. The van der Waals surface area contributed by atoms with Crippen LogP contribution in [-0.2, 0) is 11.2 Å². The Kier molecular flexibility index (Phi) is 7.39. The molecule has 0 radical (unpaired) electrons. The van der Waals surface area contributed by atoms with Crippen molar-refractivity contribution in [2.24, 2.45) is 0 Å². The number of halogens is 1. The first kappa shape index (κ1) is 24.2. The first-order valence-corrected chi connectivity index (χ1v) is 12.3. The highest BCUT2D eigenvalue weighted by Crippen LogP contribution is 2.33. The molecule has 3 aromatic carbocycles. The summed E-state index contributed by atoms with van der Waals surface area (Å²) < 4.78 is 22.6. The molecule has 0 N–H and O–H groups in total. The minimum Gasteiger partial charge on any atom is -0.493 e. The zero-order chi connectivity index (χ0) is 24.9. The van der Waals surface area contributed by atoms with E-state index in [1.807, 2.05) is 48.5 Å². The van der Waals surface area contributed by atoms with Gasteiger partial charge in [0.05, 0.1) is 39.6 Å². The number of aromatic nitrogens is 2. The normalized spacial score (nSPS) is 13.6. The van der Waals surface area contributed by atoms with Gasteiger partial charge < -0.3 is 23.8 Å². The Labute approximate surface area is 215 Å². The third-order valence-corrected chi connectivity index (χ3v) is 6.48. The van der Waals surface area contributed by atoms with Crippen molar-refractivity contribution in [1.82, 2.24) is 9.97 Å². The molecule has 7 nitrogen and oxygen atoms in total. The lowest BCUT2D eigenvalue weighted by Gasteiger charge is -2.29. The maximum absolute atomic E-state index is 6.09. The SMILES string of the molecule is COc1cccc(CCOc2nc(N3CCOCC3)c3cc(-c4ccc(Cl)cc4)ccc3n2)c1OC. The third kappa shape index (κ3) is 5.17. The maximum atomic E-state index is 6.09. The molecule has 1 aliphatic heterocycles. The van der Waals surface area contributed by atoms with E-state index in [4.69, 9.17) is 40.5 Å². The molecule has 1 saturated heterocycles. The van der Waals surface area contributed by atoms with E-state index in [2.05, 4.69) is 17.0 Å². The zero-order valence-electron chi connectivity index (χ0n) is 20.4. The van der Waals surface area contributed by atoms with Crippen molar-refractivity contribution in [2.75, 3.05) is 52.0 Å². The van der Waals surface area contributed by atoms with Gasteiger partial charge in [-0.15, -0.1) is 0 Å². The maximum Gasteiger partial charge on any atom is 0.318 e. The summed E-state index contributed by atoms with van der Waals surface area (Å²) in [5.41, 5.74) is 4.00. The van der Waals surface area contributed by atoms with Gasteiger partial charge in [0, 0.05) is 35.5 Å². The van der Waals surface area contributed by atoms with Gasteiger partial charge in [0.25, 0.3) is 0 Å². The van der Waals surface area contributed by atoms with Crippen molar-refractivity contribution in [2.45, 2.75) is 6.42 Å². The Balaban J connectivity index is 1.44. The summed E-state index contributed by atoms with van der Waals surface area (Å²) in [6, 6.07) is 20.2. The summed E-state index contributed by atoms with van der Waals surface area (Å²) in [6.07, 6.45) is 0.629. The second kappa shape index (κ2) is 11.0. The molecule has 5 rings (SSSR count). The van der Waals surface area contributed by atoms with Gasteiger partial charge in [-0.05, 0) is 41.5 Å². The van der Waals surface area contributed by atoms with Crippen LogP contribution in [-0.4, -0.2) is 57.1 Å². The molecule has 0 saturated carbocycles. The van der Waals surface area contributed by atoms with Gasteiger partial charge in [-0.2, -0.15) is 9.97 Å². The number of anilines is 1. The molecular formula is C28H28ClN3O4. The van der Waals surface area contributed by atoms with Crippen molar-refractivity contribution in [1.29, 1.82) is 0 Å². The lowest BCUT2D eigenvalue weighted by atomic mass is 10.0. The van der Waals surface area contributed by atoms with E-state index < -0.39 is 0 Å². The zero-order valence-corrected chi connectivity index (χ0v) is 21.1. The van der Waals surface area contributed by atoms with E-state index in [9.17, 15) is 0 Å². The van der Waals surface area contributed by atoms with Crippen molar-refractivity contribution >= 4 is 28.3 Å². The fourth-order valence-electron chi connectivity index (χ4n) is 4.40. The molecule has 1 aliphatic rings. The minimum absolute atomic E-state index is 0.352. The highest BCUT2D eigenvalue weighted by atomic mass is 35.5. The molecule has 0 atom stereocenters. The summed E-state index contributed by atoms with van der Waals surface area (Å²) in [5, 5.41) is 1.69. The van der Waals surface area contributed by atoms with Gasteiger partial charge in [0.2, 0.25) is 0 Å². The summed E-state index contributed by atoms with van der Waals surface area (Å²) in [7, 11) is 3.27. The number of ether oxygens (including phenoxy) is 4. The van der Waals surface area contributed by atoms with Crippen LogP contribution in [0.5, 0.6) is 17.5 Å². The van der Waals surface area contributed by atoms with Gasteiger partial charge in [-0.3, -0.25) is 0 Å². The number of hydrogen-bond acceptors (Lipinski definition) is 7. The fraction of sp³-hybridized carbons (Fsp3) is 0.286. The molecule has 8 heteroatoms. The highest BCUT2D eigenvalue weighted by molar-refractivity contribution is 6.30. The lowest BCUT2D eigenvalue weighted by molar-refractivity contribution is 0.122. The molecule has 0 spiro atoms. The average molecular weight is 506 g/mol. The number of para-hydroxylation sites is 1. The van der Waals surface area contributed by atoms with Gasteiger partial charge >= 0.3 is 6.01 Å². The first-order valence-electron chi connectivity index (χ1n) is 11.9. The van der Waals surface area contributed by atoms with Crippen LogP contribution in [0.15, 0.2) is 60.7 Å². The van der Waals surface area contributed by atoms with Crippen LogP contribution in [0.2, 0.25) is 5.02 Å². The van der Waals surface area contributed by atoms with E-state index in [0.29, 0.717) is 48.8 Å². The number of morpholine rings is 1. The summed E-state index contributed by atoms with van der Waals surface area (Å²) in [4.78, 5) is 11.8. The Morgan fingerprint density at radius 1 is 0.917 bits per heavy atom. The fourth-order valence-corrected chi connectivity index (χ4v) is 4.52. The van der Waals surface area contributed by atoms with E-state index in [0.717, 1.165) is 46.5 Å². The monoisotopic (exact) mass is 505 g/mol. The van der Waals surface area contributed by atoms with E-state index in [1.54, 1.807) is 14.2 Å². The third-order valence-electron chi connectivity index (χ3n) is 6.23. The van der Waals surface area contributed by atoms with Crippen LogP contribution in [0, 0.1) is 0 Å². The van der Waals surface area contributed by atoms with Crippen LogP contribution in [0.3, 0.4) is 0 Å². The number of fused-ring (bicyclic) bond motifs is 1. The van der Waals surface area contributed by atoms with Crippen LogP contribution < -0.4 is 19.1 Å². The van der Waals surface area contributed by atoms with E-state index in [1.165, 1.54) is 0 Å². The van der Waals surface area contributed by atoms with Crippen molar-refractivity contribution < 1.29 is 18.9 Å². The van der Waals surface area contributed by atoms with Crippen molar-refractivity contribution in [3.05, 3.63) is 71.2 Å². The van der Waals surface area contributed by atoms with Crippen LogP contribution >= 0.6 is 11.6 Å². The van der Waals surface area contributed by atoms with Gasteiger partial charge in [-0.1, -0.05) is 41.9 Å². The summed E-state index contributed by atoms with van der Waals surface area (Å²) in [5.74, 6) is 2.27. The highest BCUT2D eigenvalue weighted by Gasteiger charge is 2.19. The second-order valence-electron chi connectivity index (χ2n) is 8.42. The molecule has 1 fully saturated rings. The number of methoxy groups -OCH3 is 2. The standard InChI is InChI=1S/C28H28ClN3O4/c1-33-25-5-3-4-20(26(25)34-2)12-15-36-28-30-24-11-8-21(19-6-9-22(29)10-7-19)18-23(24)27(31-28)32-13-16-35-17-14-32/h3-11,18H,12-17H2,1-2H3. The molecule has 186 valence electrons. The first-order chi connectivity index (χ1) is 17.7. The Morgan fingerprint density at radius 3 is 2.44 bits per heavy atom. The van der Waals surface area contributed by atoms with Gasteiger partial charge in [-0.25, -0.2) is 0 Å². The summed E-state index contributed by atoms with van der Waals surface area (Å²) in [6.45, 7) is 3.25. The lowest BCUT2D eigenvalue weighted by Crippen LogP contribution is -2.37. The van der Waals surface area contributed by atoms with Crippen molar-refractivity contribution in [3.8, 4) is 28.6 Å². The van der Waals surface area contributed by atoms with E-state index in [-0.39, 0.29) is 0 Å². The molecule has 36 heavy (non-hydrogen) atoms.